The maximum atomic E-state index is 11.3. The van der Waals surface area contributed by atoms with Crippen molar-refractivity contribution in [2.24, 2.45) is 5.41 Å². The third-order valence-corrected chi connectivity index (χ3v) is 3.92. The van der Waals surface area contributed by atoms with E-state index >= 15 is 0 Å². The minimum atomic E-state index is -1.78. The highest BCUT2D eigenvalue weighted by molar-refractivity contribution is 5.98. The first-order valence-electron chi connectivity index (χ1n) is 8.24. The number of aliphatic carboxylic acids is 2. The second kappa shape index (κ2) is 12.0. The van der Waals surface area contributed by atoms with Gasteiger partial charge in [0.05, 0.1) is 0 Å². The fourth-order valence-corrected chi connectivity index (χ4v) is 2.39. The molecule has 0 aliphatic carbocycles. The lowest BCUT2D eigenvalue weighted by molar-refractivity contribution is -0.164. The number of hydrogen-bond donors (Lipinski definition) is 2. The van der Waals surface area contributed by atoms with E-state index in [1.807, 2.05) is 6.08 Å². The monoisotopic (exact) mass is 310 g/mol. The van der Waals surface area contributed by atoms with Gasteiger partial charge < -0.3 is 10.2 Å². The fraction of sp³-hybridized carbons (Fsp3) is 0.667. The summed E-state index contributed by atoms with van der Waals surface area (Å²) in [6, 6.07) is 0. The molecule has 22 heavy (non-hydrogen) atoms. The van der Waals surface area contributed by atoms with Crippen molar-refractivity contribution < 1.29 is 19.8 Å². The fourth-order valence-electron chi connectivity index (χ4n) is 2.39. The number of unbranched alkanes of at least 4 members (excludes halogenated alkanes) is 7. The van der Waals surface area contributed by atoms with Gasteiger partial charge >= 0.3 is 11.9 Å². The van der Waals surface area contributed by atoms with Crippen LogP contribution >= 0.6 is 0 Å². The van der Waals surface area contributed by atoms with Crippen LogP contribution in [0.5, 0.6) is 0 Å². The van der Waals surface area contributed by atoms with Crippen LogP contribution in [0.4, 0.5) is 0 Å². The molecule has 0 bridgehead atoms. The summed E-state index contributed by atoms with van der Waals surface area (Å²) in [6.07, 6.45) is 14.3. The van der Waals surface area contributed by atoms with Crippen molar-refractivity contribution in [3.63, 3.8) is 0 Å². The van der Waals surface area contributed by atoms with Crippen molar-refractivity contribution >= 4 is 11.9 Å². The van der Waals surface area contributed by atoms with Crippen LogP contribution < -0.4 is 0 Å². The maximum Gasteiger partial charge on any atom is 0.321 e. The highest BCUT2D eigenvalue weighted by Gasteiger charge is 2.44. The summed E-state index contributed by atoms with van der Waals surface area (Å²) >= 11 is 0. The molecule has 2 N–H and O–H groups in total. The van der Waals surface area contributed by atoms with Gasteiger partial charge in [-0.1, -0.05) is 63.7 Å². The lowest BCUT2D eigenvalue weighted by atomic mass is 9.81. The second-order valence-electron chi connectivity index (χ2n) is 5.77. The van der Waals surface area contributed by atoms with Gasteiger partial charge in [0.2, 0.25) is 0 Å². The Morgan fingerprint density at radius 3 is 1.95 bits per heavy atom. The number of rotatable bonds is 14. The molecule has 0 fully saturated rings. The van der Waals surface area contributed by atoms with E-state index in [1.165, 1.54) is 44.6 Å². The number of carboxylic acids is 2. The van der Waals surface area contributed by atoms with Gasteiger partial charge in [-0.05, 0) is 25.7 Å². The molecule has 0 aromatic rings. The maximum absolute atomic E-state index is 11.3. The summed E-state index contributed by atoms with van der Waals surface area (Å²) in [5.74, 6) is -2.61. The minimum Gasteiger partial charge on any atom is -0.480 e. The summed E-state index contributed by atoms with van der Waals surface area (Å²) < 4.78 is 0. The van der Waals surface area contributed by atoms with Gasteiger partial charge in [-0.25, -0.2) is 0 Å². The Morgan fingerprint density at radius 1 is 0.909 bits per heavy atom. The van der Waals surface area contributed by atoms with E-state index in [1.54, 1.807) is 6.08 Å². The van der Waals surface area contributed by atoms with Gasteiger partial charge in [-0.2, -0.15) is 0 Å². The quantitative estimate of drug-likeness (QED) is 0.274. The average Bonchev–Trinajstić information content (AvgIpc) is 2.47. The first-order valence-corrected chi connectivity index (χ1v) is 8.24. The van der Waals surface area contributed by atoms with E-state index in [0.29, 0.717) is 0 Å². The van der Waals surface area contributed by atoms with Crippen molar-refractivity contribution in [1.29, 1.82) is 0 Å². The largest absolute Gasteiger partial charge is 0.480 e. The molecule has 0 unspecified atom stereocenters. The van der Waals surface area contributed by atoms with E-state index in [2.05, 4.69) is 13.5 Å². The molecule has 0 radical (unpaired) electrons. The predicted molar refractivity (Wildman–Crippen MR) is 88.9 cm³/mol. The van der Waals surface area contributed by atoms with Crippen molar-refractivity contribution in [3.05, 3.63) is 24.8 Å². The number of hydrogen-bond acceptors (Lipinski definition) is 2. The highest BCUT2D eigenvalue weighted by atomic mass is 16.4. The zero-order valence-corrected chi connectivity index (χ0v) is 13.7. The Bertz CT molecular complexity index is 357. The molecular formula is C18H30O4. The van der Waals surface area contributed by atoms with Crippen molar-refractivity contribution in [3.8, 4) is 0 Å². The summed E-state index contributed by atoms with van der Waals surface area (Å²) in [6.45, 7) is 5.66. The van der Waals surface area contributed by atoms with Gasteiger partial charge in [0.25, 0.3) is 0 Å². The first kappa shape index (κ1) is 20.4. The number of carbonyl (C=O) groups is 2. The zero-order chi connectivity index (χ0) is 16.8. The molecule has 0 aliphatic rings. The van der Waals surface area contributed by atoms with Gasteiger partial charge in [0, 0.05) is 0 Å². The Kier molecular flexibility index (Phi) is 11.2. The molecule has 0 amide bonds. The Hall–Kier alpha value is -1.58. The van der Waals surface area contributed by atoms with E-state index in [4.69, 9.17) is 0 Å². The summed E-state index contributed by atoms with van der Waals surface area (Å²) in [5, 5.41) is 18.4. The Balaban J connectivity index is 4.08. The van der Waals surface area contributed by atoms with Crippen LogP contribution in [0.25, 0.3) is 0 Å². The van der Waals surface area contributed by atoms with Crippen LogP contribution in [0.1, 0.15) is 71.1 Å². The number of allylic oxidation sites excluding steroid dienone is 3. The zero-order valence-electron chi connectivity index (χ0n) is 13.7. The molecule has 0 aromatic carbocycles. The van der Waals surface area contributed by atoms with Gasteiger partial charge in [-0.15, -0.1) is 6.58 Å². The number of carboxylic acid groups (broad SMARTS) is 2. The summed E-state index contributed by atoms with van der Waals surface area (Å²) in [4.78, 5) is 22.6. The van der Waals surface area contributed by atoms with Crippen molar-refractivity contribution in [2.45, 2.75) is 71.1 Å². The van der Waals surface area contributed by atoms with Crippen LogP contribution in [-0.4, -0.2) is 22.2 Å². The van der Waals surface area contributed by atoms with Crippen LogP contribution in [-0.2, 0) is 9.59 Å². The predicted octanol–water partition coefficient (Wildman–Crippen LogP) is 4.81. The molecule has 4 heteroatoms. The van der Waals surface area contributed by atoms with Gasteiger partial charge in [-0.3, -0.25) is 9.59 Å². The lowest BCUT2D eigenvalue weighted by Gasteiger charge is -2.21. The van der Waals surface area contributed by atoms with Gasteiger partial charge in [0.15, 0.2) is 5.41 Å². The topological polar surface area (TPSA) is 74.6 Å². The smallest absolute Gasteiger partial charge is 0.321 e. The summed E-state index contributed by atoms with van der Waals surface area (Å²) in [7, 11) is 0. The standard InChI is InChI=1S/C18H30O4/c1-3-5-6-7-8-9-10-11-12-13-15-18(14-4-2,16(19)20)17(21)22/h4,12-13H,2-3,5-11,14-15H2,1H3,(H,19,20)(H,21,22)/b13-12+. The van der Waals surface area contributed by atoms with Crippen molar-refractivity contribution in [2.75, 3.05) is 0 Å². The molecule has 0 aliphatic heterocycles. The first-order chi connectivity index (χ1) is 10.5. The lowest BCUT2D eigenvalue weighted by Crippen LogP contribution is -2.38. The molecule has 0 saturated carbocycles. The van der Waals surface area contributed by atoms with E-state index in [0.717, 1.165) is 12.8 Å². The molecule has 126 valence electrons. The van der Waals surface area contributed by atoms with Crippen LogP contribution in [0, 0.1) is 5.41 Å². The molecule has 0 atom stereocenters. The third kappa shape index (κ3) is 7.43. The van der Waals surface area contributed by atoms with E-state index < -0.39 is 17.4 Å². The van der Waals surface area contributed by atoms with Gasteiger partial charge in [0.1, 0.15) is 0 Å². The molecule has 4 nitrogen and oxygen atoms in total. The molecular weight excluding hydrogens is 280 g/mol. The SMILES string of the molecule is C=CCC(C/C=C/CCCCCCCCC)(C(=O)O)C(=O)O. The van der Waals surface area contributed by atoms with E-state index in [9.17, 15) is 19.8 Å². The highest BCUT2D eigenvalue weighted by Crippen LogP contribution is 2.29. The van der Waals surface area contributed by atoms with Crippen LogP contribution in [0.15, 0.2) is 24.8 Å². The Labute approximate surface area is 133 Å². The summed E-state index contributed by atoms with van der Waals surface area (Å²) in [5.41, 5.74) is -1.78. The van der Waals surface area contributed by atoms with Crippen LogP contribution in [0.2, 0.25) is 0 Å². The second-order valence-corrected chi connectivity index (χ2v) is 5.77. The molecule has 0 aromatic heterocycles. The third-order valence-electron chi connectivity index (χ3n) is 3.92. The molecule has 0 spiro atoms. The minimum absolute atomic E-state index is 0.000185. The van der Waals surface area contributed by atoms with Crippen LogP contribution in [0.3, 0.4) is 0 Å². The molecule has 0 saturated heterocycles. The average molecular weight is 310 g/mol. The van der Waals surface area contributed by atoms with Crippen molar-refractivity contribution in [1.82, 2.24) is 0 Å². The Morgan fingerprint density at radius 2 is 1.45 bits per heavy atom. The van der Waals surface area contributed by atoms with E-state index in [-0.39, 0.29) is 12.8 Å². The molecule has 0 heterocycles. The molecule has 0 rings (SSSR count). The normalized spacial score (nSPS) is 11.7.